The minimum Gasteiger partial charge on any atom is -0.465 e. The Balaban J connectivity index is 2.24. The molecule has 0 spiro atoms. The van der Waals surface area contributed by atoms with Crippen molar-refractivity contribution in [2.75, 3.05) is 18.2 Å². The SMILES string of the molecule is COC(=O)c1ccc(N)c(NC(=O)c2ccco2)c1. The van der Waals surface area contributed by atoms with E-state index in [2.05, 4.69) is 10.1 Å². The van der Waals surface area contributed by atoms with E-state index in [9.17, 15) is 9.59 Å². The second kappa shape index (κ2) is 5.26. The first-order valence-corrected chi connectivity index (χ1v) is 5.44. The summed E-state index contributed by atoms with van der Waals surface area (Å²) in [6.45, 7) is 0. The Kier molecular flexibility index (Phi) is 3.51. The number of hydrogen-bond acceptors (Lipinski definition) is 5. The molecule has 19 heavy (non-hydrogen) atoms. The van der Waals surface area contributed by atoms with E-state index in [4.69, 9.17) is 10.2 Å². The van der Waals surface area contributed by atoms with E-state index in [1.165, 1.54) is 37.6 Å². The number of esters is 1. The van der Waals surface area contributed by atoms with Crippen LogP contribution < -0.4 is 11.1 Å². The van der Waals surface area contributed by atoms with Gasteiger partial charge in [0.25, 0.3) is 5.91 Å². The molecule has 98 valence electrons. The predicted molar refractivity (Wildman–Crippen MR) is 68.9 cm³/mol. The molecule has 1 amide bonds. The second-order valence-electron chi connectivity index (χ2n) is 3.73. The first kappa shape index (κ1) is 12.7. The lowest BCUT2D eigenvalue weighted by Gasteiger charge is -2.08. The van der Waals surface area contributed by atoms with Crippen LogP contribution >= 0.6 is 0 Å². The molecule has 0 bridgehead atoms. The van der Waals surface area contributed by atoms with Crippen molar-refractivity contribution in [3.8, 4) is 0 Å². The number of carbonyl (C=O) groups excluding carboxylic acids is 2. The standard InChI is InChI=1S/C13H12N2O4/c1-18-13(17)8-4-5-9(14)10(7-8)15-12(16)11-3-2-6-19-11/h2-7H,14H2,1H3,(H,15,16). The number of hydrogen-bond donors (Lipinski definition) is 2. The van der Waals surface area contributed by atoms with Gasteiger partial charge in [-0.05, 0) is 30.3 Å². The summed E-state index contributed by atoms with van der Waals surface area (Å²) < 4.78 is 9.56. The van der Waals surface area contributed by atoms with Crippen LogP contribution in [0.1, 0.15) is 20.9 Å². The molecule has 2 rings (SSSR count). The van der Waals surface area contributed by atoms with E-state index in [1.807, 2.05) is 0 Å². The van der Waals surface area contributed by atoms with Gasteiger partial charge in [-0.1, -0.05) is 0 Å². The van der Waals surface area contributed by atoms with Gasteiger partial charge in [0, 0.05) is 0 Å². The molecule has 3 N–H and O–H groups in total. The Bertz CT molecular complexity index is 605. The number of amides is 1. The summed E-state index contributed by atoms with van der Waals surface area (Å²) in [6, 6.07) is 7.61. The van der Waals surface area contributed by atoms with Crippen LogP contribution in [0.2, 0.25) is 0 Å². The van der Waals surface area contributed by atoms with Crippen molar-refractivity contribution >= 4 is 23.3 Å². The van der Waals surface area contributed by atoms with Gasteiger partial charge in [-0.15, -0.1) is 0 Å². The average molecular weight is 260 g/mol. The summed E-state index contributed by atoms with van der Waals surface area (Å²) in [5, 5.41) is 2.57. The van der Waals surface area contributed by atoms with Gasteiger partial charge in [-0.25, -0.2) is 4.79 Å². The summed E-state index contributed by atoms with van der Waals surface area (Å²) in [6.07, 6.45) is 1.39. The Morgan fingerprint density at radius 2 is 2.11 bits per heavy atom. The van der Waals surface area contributed by atoms with Crippen LogP contribution in [0, 0.1) is 0 Å². The van der Waals surface area contributed by atoms with Crippen LogP contribution in [-0.4, -0.2) is 19.0 Å². The molecule has 0 radical (unpaired) electrons. The Morgan fingerprint density at radius 1 is 1.32 bits per heavy atom. The van der Waals surface area contributed by atoms with E-state index >= 15 is 0 Å². The average Bonchev–Trinajstić information content (AvgIpc) is 2.94. The number of nitrogens with one attached hydrogen (secondary N) is 1. The van der Waals surface area contributed by atoms with E-state index < -0.39 is 11.9 Å². The van der Waals surface area contributed by atoms with Crippen LogP contribution in [0.25, 0.3) is 0 Å². The second-order valence-corrected chi connectivity index (χ2v) is 3.73. The molecule has 1 heterocycles. The monoisotopic (exact) mass is 260 g/mol. The summed E-state index contributed by atoms with van der Waals surface area (Å²) >= 11 is 0. The van der Waals surface area contributed by atoms with Gasteiger partial charge in [-0.3, -0.25) is 4.79 Å². The number of nitrogen functional groups attached to an aromatic ring is 1. The Hall–Kier alpha value is -2.76. The first-order chi connectivity index (χ1) is 9.11. The molecule has 0 aliphatic carbocycles. The molecule has 1 aromatic heterocycles. The third-order valence-electron chi connectivity index (χ3n) is 2.47. The van der Waals surface area contributed by atoms with E-state index in [0.29, 0.717) is 16.9 Å². The van der Waals surface area contributed by atoms with Crippen molar-refractivity contribution < 1.29 is 18.7 Å². The van der Waals surface area contributed by atoms with Gasteiger partial charge < -0.3 is 20.2 Å². The van der Waals surface area contributed by atoms with Gasteiger partial charge in [0.1, 0.15) is 0 Å². The van der Waals surface area contributed by atoms with Gasteiger partial charge in [-0.2, -0.15) is 0 Å². The molecule has 1 aromatic carbocycles. The van der Waals surface area contributed by atoms with Gasteiger partial charge in [0.2, 0.25) is 0 Å². The topological polar surface area (TPSA) is 94.6 Å². The molecule has 0 saturated carbocycles. The minimum atomic E-state index is -0.506. The number of anilines is 2. The molecule has 0 unspecified atom stereocenters. The first-order valence-electron chi connectivity index (χ1n) is 5.44. The zero-order chi connectivity index (χ0) is 13.8. The van der Waals surface area contributed by atoms with Crippen molar-refractivity contribution in [2.45, 2.75) is 0 Å². The number of benzene rings is 1. The highest BCUT2D eigenvalue weighted by molar-refractivity contribution is 6.04. The zero-order valence-corrected chi connectivity index (χ0v) is 10.2. The lowest BCUT2D eigenvalue weighted by Crippen LogP contribution is -2.13. The Morgan fingerprint density at radius 3 is 2.74 bits per heavy atom. The maximum atomic E-state index is 11.8. The van der Waals surface area contributed by atoms with E-state index in [1.54, 1.807) is 6.07 Å². The summed E-state index contributed by atoms with van der Waals surface area (Å²) in [4.78, 5) is 23.2. The molecule has 0 aliphatic heterocycles. The molecular formula is C13H12N2O4. The third kappa shape index (κ3) is 2.74. The fourth-order valence-corrected chi connectivity index (χ4v) is 1.50. The largest absolute Gasteiger partial charge is 0.465 e. The van der Waals surface area contributed by atoms with Crippen molar-refractivity contribution in [3.05, 3.63) is 47.9 Å². The van der Waals surface area contributed by atoms with Crippen LogP contribution in [0.15, 0.2) is 41.0 Å². The number of ether oxygens (including phenoxy) is 1. The maximum absolute atomic E-state index is 11.8. The smallest absolute Gasteiger partial charge is 0.337 e. The van der Waals surface area contributed by atoms with E-state index in [0.717, 1.165) is 0 Å². The molecular weight excluding hydrogens is 248 g/mol. The number of methoxy groups -OCH3 is 1. The van der Waals surface area contributed by atoms with Crippen LogP contribution in [0.5, 0.6) is 0 Å². The van der Waals surface area contributed by atoms with E-state index in [-0.39, 0.29) is 5.76 Å². The van der Waals surface area contributed by atoms with Crippen LogP contribution in [-0.2, 0) is 4.74 Å². The fraction of sp³-hybridized carbons (Fsp3) is 0.0769. The summed E-state index contributed by atoms with van der Waals surface area (Å²) in [5.41, 5.74) is 6.70. The van der Waals surface area contributed by atoms with Gasteiger partial charge >= 0.3 is 5.97 Å². The highest BCUT2D eigenvalue weighted by Gasteiger charge is 2.13. The lowest BCUT2D eigenvalue weighted by molar-refractivity contribution is 0.0600. The number of rotatable bonds is 3. The molecule has 0 saturated heterocycles. The highest BCUT2D eigenvalue weighted by atomic mass is 16.5. The van der Waals surface area contributed by atoms with Crippen LogP contribution in [0.3, 0.4) is 0 Å². The minimum absolute atomic E-state index is 0.155. The molecule has 0 atom stereocenters. The van der Waals surface area contributed by atoms with Crippen molar-refractivity contribution in [3.63, 3.8) is 0 Å². The number of furan rings is 1. The van der Waals surface area contributed by atoms with Crippen molar-refractivity contribution in [2.24, 2.45) is 0 Å². The zero-order valence-electron chi connectivity index (χ0n) is 10.2. The van der Waals surface area contributed by atoms with Crippen molar-refractivity contribution in [1.29, 1.82) is 0 Å². The number of nitrogens with two attached hydrogens (primary N) is 1. The number of carbonyl (C=O) groups is 2. The summed E-state index contributed by atoms with van der Waals surface area (Å²) in [5.74, 6) is -0.796. The van der Waals surface area contributed by atoms with Crippen LogP contribution in [0.4, 0.5) is 11.4 Å². The van der Waals surface area contributed by atoms with Gasteiger partial charge in [0.15, 0.2) is 5.76 Å². The normalized spacial score (nSPS) is 9.95. The van der Waals surface area contributed by atoms with Crippen molar-refractivity contribution in [1.82, 2.24) is 0 Å². The molecule has 6 nitrogen and oxygen atoms in total. The Labute approximate surface area is 109 Å². The molecule has 0 fully saturated rings. The maximum Gasteiger partial charge on any atom is 0.337 e. The fourth-order valence-electron chi connectivity index (χ4n) is 1.50. The quantitative estimate of drug-likeness (QED) is 0.649. The molecule has 2 aromatic rings. The lowest BCUT2D eigenvalue weighted by atomic mass is 10.1. The van der Waals surface area contributed by atoms with Gasteiger partial charge in [0.05, 0.1) is 30.3 Å². The third-order valence-corrected chi connectivity index (χ3v) is 2.47. The molecule has 0 aliphatic rings. The predicted octanol–water partition coefficient (Wildman–Crippen LogP) is 1.90. The highest BCUT2D eigenvalue weighted by Crippen LogP contribution is 2.21. The molecule has 6 heteroatoms. The summed E-state index contributed by atoms with van der Waals surface area (Å²) in [7, 11) is 1.28.